The Morgan fingerprint density at radius 1 is 0.875 bits per heavy atom. The Morgan fingerprint density at radius 2 is 1.71 bits per heavy atom. The molecule has 24 heavy (non-hydrogen) atoms. The number of benzene rings is 3. The summed E-state index contributed by atoms with van der Waals surface area (Å²) in [5.41, 5.74) is 3.32. The Bertz CT molecular complexity index is 940. The maximum Gasteiger partial charge on any atom is 0.128 e. The second kappa shape index (κ2) is 6.59. The quantitative estimate of drug-likeness (QED) is 0.572. The first-order valence-corrected chi connectivity index (χ1v) is 8.09. The molecule has 3 aromatic carbocycles. The highest BCUT2D eigenvalue weighted by Gasteiger charge is 2.07. The maximum atomic E-state index is 6.07. The van der Waals surface area contributed by atoms with E-state index in [1.807, 2.05) is 30.5 Å². The van der Waals surface area contributed by atoms with Gasteiger partial charge in [0, 0.05) is 12.0 Å². The SMILES string of the molecule is c1ccc(-c2cnc[nH]2)c(OCCc2cccc3ccccc23)c1. The summed E-state index contributed by atoms with van der Waals surface area (Å²) in [5.74, 6) is 0.877. The lowest BCUT2D eigenvalue weighted by atomic mass is 10.0. The number of H-pyrrole nitrogens is 1. The summed E-state index contributed by atoms with van der Waals surface area (Å²) < 4.78 is 6.07. The first kappa shape index (κ1) is 14.5. The van der Waals surface area contributed by atoms with Crippen molar-refractivity contribution in [3.8, 4) is 17.0 Å². The number of nitrogens with one attached hydrogen (secondary N) is 1. The van der Waals surface area contributed by atoms with Crippen molar-refractivity contribution in [1.29, 1.82) is 0 Å². The van der Waals surface area contributed by atoms with E-state index in [1.54, 1.807) is 6.33 Å². The molecule has 118 valence electrons. The Hall–Kier alpha value is -3.07. The number of ether oxygens (including phenoxy) is 1. The molecule has 3 nitrogen and oxygen atoms in total. The van der Waals surface area contributed by atoms with Crippen molar-refractivity contribution in [3.05, 3.63) is 84.8 Å². The number of imidazole rings is 1. The minimum absolute atomic E-state index is 0.638. The van der Waals surface area contributed by atoms with Crippen LogP contribution >= 0.6 is 0 Å². The van der Waals surface area contributed by atoms with Gasteiger partial charge in [0.15, 0.2) is 0 Å². The molecule has 3 heteroatoms. The standard InChI is InChI=1S/C21H18N2O/c1-2-9-18-16(6-1)7-5-8-17(18)12-13-24-21-11-4-3-10-19(21)20-14-22-15-23-20/h1-11,14-15H,12-13H2,(H,22,23). The van der Waals surface area contributed by atoms with Crippen LogP contribution in [0.25, 0.3) is 22.0 Å². The third-order valence-corrected chi connectivity index (χ3v) is 4.18. The fraction of sp³-hybridized carbons (Fsp3) is 0.0952. The molecule has 0 aliphatic carbocycles. The Labute approximate surface area is 140 Å². The molecule has 0 fully saturated rings. The van der Waals surface area contributed by atoms with Crippen LogP contribution in [0, 0.1) is 0 Å². The molecular weight excluding hydrogens is 296 g/mol. The predicted octanol–water partition coefficient (Wildman–Crippen LogP) is 4.85. The van der Waals surface area contributed by atoms with Crippen LogP contribution in [-0.4, -0.2) is 16.6 Å². The second-order valence-electron chi connectivity index (χ2n) is 5.70. The van der Waals surface area contributed by atoms with Gasteiger partial charge in [0.05, 0.1) is 24.8 Å². The molecule has 0 spiro atoms. The van der Waals surface area contributed by atoms with Crippen molar-refractivity contribution in [2.45, 2.75) is 6.42 Å². The average Bonchev–Trinajstić information content (AvgIpc) is 3.17. The molecule has 0 saturated carbocycles. The minimum atomic E-state index is 0.638. The van der Waals surface area contributed by atoms with Crippen LogP contribution in [0.4, 0.5) is 0 Å². The third-order valence-electron chi connectivity index (χ3n) is 4.18. The van der Waals surface area contributed by atoms with Gasteiger partial charge in [0.25, 0.3) is 0 Å². The maximum absolute atomic E-state index is 6.07. The minimum Gasteiger partial charge on any atom is -0.493 e. The number of nitrogens with zero attached hydrogens (tertiary/aromatic N) is 1. The molecule has 0 bridgehead atoms. The van der Waals surface area contributed by atoms with Gasteiger partial charge >= 0.3 is 0 Å². The van der Waals surface area contributed by atoms with Crippen molar-refractivity contribution in [2.75, 3.05) is 6.61 Å². The number of para-hydroxylation sites is 1. The van der Waals surface area contributed by atoms with Crippen molar-refractivity contribution in [3.63, 3.8) is 0 Å². The number of fused-ring (bicyclic) bond motifs is 1. The monoisotopic (exact) mass is 314 g/mol. The highest BCUT2D eigenvalue weighted by molar-refractivity contribution is 5.85. The van der Waals surface area contributed by atoms with Gasteiger partial charge in [0.2, 0.25) is 0 Å². The highest BCUT2D eigenvalue weighted by atomic mass is 16.5. The van der Waals surface area contributed by atoms with Crippen LogP contribution in [0.1, 0.15) is 5.56 Å². The summed E-state index contributed by atoms with van der Waals surface area (Å²) in [4.78, 5) is 7.23. The summed E-state index contributed by atoms with van der Waals surface area (Å²) in [5, 5.41) is 2.57. The van der Waals surface area contributed by atoms with Gasteiger partial charge < -0.3 is 9.72 Å². The van der Waals surface area contributed by atoms with Crippen molar-refractivity contribution in [2.24, 2.45) is 0 Å². The van der Waals surface area contributed by atoms with Crippen LogP contribution in [0.15, 0.2) is 79.3 Å². The summed E-state index contributed by atoms with van der Waals surface area (Å²) in [6.45, 7) is 0.638. The van der Waals surface area contributed by atoms with E-state index in [4.69, 9.17) is 4.74 Å². The molecule has 4 rings (SSSR count). The van der Waals surface area contributed by atoms with E-state index in [0.29, 0.717) is 6.61 Å². The van der Waals surface area contributed by atoms with Crippen molar-refractivity contribution < 1.29 is 4.74 Å². The predicted molar refractivity (Wildman–Crippen MR) is 97.2 cm³/mol. The Balaban J connectivity index is 1.52. The van der Waals surface area contributed by atoms with Crippen LogP contribution in [0.2, 0.25) is 0 Å². The van der Waals surface area contributed by atoms with E-state index in [1.165, 1.54) is 16.3 Å². The van der Waals surface area contributed by atoms with Gasteiger partial charge in [0.1, 0.15) is 5.75 Å². The Morgan fingerprint density at radius 3 is 2.62 bits per heavy atom. The Kier molecular flexibility index (Phi) is 3.98. The molecule has 1 aromatic heterocycles. The van der Waals surface area contributed by atoms with Crippen LogP contribution in [-0.2, 0) is 6.42 Å². The fourth-order valence-corrected chi connectivity index (χ4v) is 3.00. The molecule has 0 aliphatic rings. The van der Waals surface area contributed by atoms with Crippen molar-refractivity contribution in [1.82, 2.24) is 9.97 Å². The largest absolute Gasteiger partial charge is 0.493 e. The summed E-state index contributed by atoms with van der Waals surface area (Å²) in [6.07, 6.45) is 4.37. The zero-order valence-corrected chi connectivity index (χ0v) is 13.3. The lowest BCUT2D eigenvalue weighted by Crippen LogP contribution is -2.03. The van der Waals surface area contributed by atoms with Gasteiger partial charge in [-0.1, -0.05) is 54.6 Å². The zero-order chi connectivity index (χ0) is 16.2. The average molecular weight is 314 g/mol. The van der Waals surface area contributed by atoms with Crippen LogP contribution in [0.5, 0.6) is 5.75 Å². The van der Waals surface area contributed by atoms with E-state index in [0.717, 1.165) is 23.4 Å². The molecule has 0 saturated heterocycles. The normalized spacial score (nSPS) is 10.8. The molecule has 0 aliphatic heterocycles. The second-order valence-corrected chi connectivity index (χ2v) is 5.70. The van der Waals surface area contributed by atoms with Crippen LogP contribution < -0.4 is 4.74 Å². The fourth-order valence-electron chi connectivity index (χ4n) is 3.00. The van der Waals surface area contributed by atoms with E-state index in [-0.39, 0.29) is 0 Å². The van der Waals surface area contributed by atoms with Gasteiger partial charge in [-0.3, -0.25) is 0 Å². The summed E-state index contributed by atoms with van der Waals surface area (Å²) in [6, 6.07) is 22.9. The molecule has 0 radical (unpaired) electrons. The van der Waals surface area contributed by atoms with Crippen molar-refractivity contribution >= 4 is 10.8 Å². The van der Waals surface area contributed by atoms with Gasteiger partial charge in [-0.05, 0) is 28.5 Å². The van der Waals surface area contributed by atoms with E-state index < -0.39 is 0 Å². The highest BCUT2D eigenvalue weighted by Crippen LogP contribution is 2.28. The summed E-state index contributed by atoms with van der Waals surface area (Å²) >= 11 is 0. The first-order valence-electron chi connectivity index (χ1n) is 8.09. The molecule has 4 aromatic rings. The molecule has 1 N–H and O–H groups in total. The summed E-state index contributed by atoms with van der Waals surface area (Å²) in [7, 11) is 0. The number of hydrogen-bond donors (Lipinski definition) is 1. The number of hydrogen-bond acceptors (Lipinski definition) is 2. The third kappa shape index (κ3) is 2.88. The lowest BCUT2D eigenvalue weighted by molar-refractivity contribution is 0.323. The smallest absolute Gasteiger partial charge is 0.128 e. The van der Waals surface area contributed by atoms with E-state index in [9.17, 15) is 0 Å². The molecule has 0 atom stereocenters. The van der Waals surface area contributed by atoms with Gasteiger partial charge in [-0.2, -0.15) is 0 Å². The molecule has 0 amide bonds. The lowest BCUT2D eigenvalue weighted by Gasteiger charge is -2.11. The van der Waals surface area contributed by atoms with Crippen LogP contribution in [0.3, 0.4) is 0 Å². The zero-order valence-electron chi connectivity index (χ0n) is 13.3. The van der Waals surface area contributed by atoms with Gasteiger partial charge in [-0.25, -0.2) is 4.98 Å². The number of aromatic nitrogens is 2. The molecule has 0 unspecified atom stereocenters. The molecular formula is C21H18N2O. The van der Waals surface area contributed by atoms with Gasteiger partial charge in [-0.15, -0.1) is 0 Å². The number of aromatic amines is 1. The molecule has 1 heterocycles. The topological polar surface area (TPSA) is 37.9 Å². The number of rotatable bonds is 5. The first-order chi connectivity index (χ1) is 11.9. The van der Waals surface area contributed by atoms with E-state index in [2.05, 4.69) is 52.4 Å². The van der Waals surface area contributed by atoms with E-state index >= 15 is 0 Å².